The van der Waals surface area contributed by atoms with E-state index in [4.69, 9.17) is 5.73 Å². The van der Waals surface area contributed by atoms with E-state index in [9.17, 15) is 4.79 Å². The Balaban J connectivity index is 1.87. The number of thiophene rings is 1. The molecule has 5 heteroatoms. The molecule has 2 aromatic heterocycles. The summed E-state index contributed by atoms with van der Waals surface area (Å²) in [4.78, 5) is 17.2. The number of carbonyl (C=O) groups excluding carboxylic acids is 1. The first-order valence-corrected chi connectivity index (χ1v) is 7.42. The molecule has 0 spiro atoms. The Labute approximate surface area is 116 Å². The van der Waals surface area contributed by atoms with Gasteiger partial charge in [-0.25, -0.2) is 0 Å². The van der Waals surface area contributed by atoms with Gasteiger partial charge in [0.25, 0.3) is 5.91 Å². The van der Waals surface area contributed by atoms with Crippen molar-refractivity contribution in [3.8, 4) is 0 Å². The number of rotatable bonds is 2. The topological polar surface area (TPSA) is 68.0 Å². The Morgan fingerprint density at radius 3 is 3.05 bits per heavy atom. The third-order valence-electron chi connectivity index (χ3n) is 3.87. The number of fused-ring (bicyclic) bond motifs is 1. The van der Waals surface area contributed by atoms with Crippen LogP contribution in [-0.2, 0) is 0 Å². The summed E-state index contributed by atoms with van der Waals surface area (Å²) in [5, 5.41) is 3.11. The van der Waals surface area contributed by atoms with Crippen molar-refractivity contribution in [1.29, 1.82) is 0 Å². The summed E-state index contributed by atoms with van der Waals surface area (Å²) in [7, 11) is 0. The van der Waals surface area contributed by atoms with Gasteiger partial charge in [0.15, 0.2) is 0 Å². The first-order valence-electron chi connectivity index (χ1n) is 6.60. The van der Waals surface area contributed by atoms with E-state index in [-0.39, 0.29) is 11.9 Å². The van der Waals surface area contributed by atoms with Gasteiger partial charge in [0.05, 0.1) is 10.4 Å². The van der Waals surface area contributed by atoms with Crippen LogP contribution in [0.2, 0.25) is 0 Å². The van der Waals surface area contributed by atoms with Crippen molar-refractivity contribution < 1.29 is 4.79 Å². The van der Waals surface area contributed by atoms with E-state index >= 15 is 0 Å². The van der Waals surface area contributed by atoms with Gasteiger partial charge in [-0.1, -0.05) is 13.3 Å². The van der Waals surface area contributed by atoms with Crippen LogP contribution in [0.5, 0.6) is 0 Å². The maximum absolute atomic E-state index is 12.3. The van der Waals surface area contributed by atoms with Crippen molar-refractivity contribution in [2.45, 2.75) is 32.2 Å². The van der Waals surface area contributed by atoms with E-state index in [1.165, 1.54) is 24.2 Å². The smallest absolute Gasteiger partial charge is 0.263 e. The number of carbonyl (C=O) groups is 1. The Morgan fingerprint density at radius 1 is 1.53 bits per heavy atom. The number of anilines is 1. The Hall–Kier alpha value is -1.62. The number of nitrogen functional groups attached to an aromatic ring is 1. The van der Waals surface area contributed by atoms with Crippen molar-refractivity contribution in [2.75, 3.05) is 5.73 Å². The maximum atomic E-state index is 12.3. The second-order valence-corrected chi connectivity index (χ2v) is 6.24. The predicted octanol–water partition coefficient (Wildman–Crippen LogP) is 2.80. The van der Waals surface area contributed by atoms with Crippen LogP contribution in [0.1, 0.15) is 35.9 Å². The van der Waals surface area contributed by atoms with Gasteiger partial charge in [0, 0.05) is 12.2 Å². The van der Waals surface area contributed by atoms with Crippen LogP contribution in [0, 0.1) is 5.92 Å². The number of hydrogen-bond acceptors (Lipinski definition) is 4. The van der Waals surface area contributed by atoms with E-state index in [0.717, 1.165) is 16.6 Å². The van der Waals surface area contributed by atoms with Crippen LogP contribution < -0.4 is 11.1 Å². The van der Waals surface area contributed by atoms with Gasteiger partial charge < -0.3 is 11.1 Å². The van der Waals surface area contributed by atoms with E-state index in [0.29, 0.717) is 16.5 Å². The molecule has 100 valence electrons. The predicted molar refractivity (Wildman–Crippen MR) is 78.3 cm³/mol. The number of pyridine rings is 1. The number of nitrogens with one attached hydrogen (secondary N) is 1. The Bertz CT molecular complexity index is 622. The average Bonchev–Trinajstić information content (AvgIpc) is 2.95. The van der Waals surface area contributed by atoms with Crippen LogP contribution in [-0.4, -0.2) is 16.9 Å². The van der Waals surface area contributed by atoms with Gasteiger partial charge in [-0.15, -0.1) is 11.3 Å². The summed E-state index contributed by atoms with van der Waals surface area (Å²) in [6, 6.07) is 4.09. The molecule has 0 radical (unpaired) electrons. The SMILES string of the molecule is CC1CCCC1NC(=O)c1sc2cccnc2c1N. The summed E-state index contributed by atoms with van der Waals surface area (Å²) in [6.45, 7) is 2.19. The van der Waals surface area contributed by atoms with Gasteiger partial charge >= 0.3 is 0 Å². The molecule has 0 saturated heterocycles. The Morgan fingerprint density at radius 2 is 2.37 bits per heavy atom. The number of hydrogen-bond donors (Lipinski definition) is 2. The van der Waals surface area contributed by atoms with Gasteiger partial charge in [0.2, 0.25) is 0 Å². The highest BCUT2D eigenvalue weighted by Gasteiger charge is 2.26. The zero-order valence-corrected chi connectivity index (χ0v) is 11.7. The van der Waals surface area contributed by atoms with Crippen molar-refractivity contribution in [2.24, 2.45) is 5.92 Å². The lowest BCUT2D eigenvalue weighted by Gasteiger charge is -2.16. The molecule has 1 aliphatic carbocycles. The normalized spacial score (nSPS) is 22.8. The summed E-state index contributed by atoms with van der Waals surface area (Å²) < 4.78 is 0.963. The molecule has 19 heavy (non-hydrogen) atoms. The zero-order valence-electron chi connectivity index (χ0n) is 10.8. The quantitative estimate of drug-likeness (QED) is 0.885. The number of nitrogens with zero attached hydrogens (tertiary/aromatic N) is 1. The standard InChI is InChI=1S/C14H17N3OS/c1-8-4-2-5-9(8)17-14(18)13-11(15)12-10(19-13)6-3-7-16-12/h3,6-9H,2,4-5,15H2,1H3,(H,17,18). The molecule has 3 rings (SSSR count). The number of aromatic nitrogens is 1. The number of nitrogens with two attached hydrogens (primary N) is 1. The zero-order chi connectivity index (χ0) is 13.4. The fraction of sp³-hybridized carbons (Fsp3) is 0.429. The third kappa shape index (κ3) is 2.18. The van der Waals surface area contributed by atoms with E-state index in [2.05, 4.69) is 17.2 Å². The molecular formula is C14H17N3OS. The fourth-order valence-corrected chi connectivity index (χ4v) is 3.69. The van der Waals surface area contributed by atoms with Crippen LogP contribution in [0.15, 0.2) is 18.3 Å². The molecule has 1 saturated carbocycles. The largest absolute Gasteiger partial charge is 0.396 e. The monoisotopic (exact) mass is 275 g/mol. The second kappa shape index (κ2) is 4.81. The van der Waals surface area contributed by atoms with Crippen molar-refractivity contribution in [3.63, 3.8) is 0 Å². The summed E-state index contributed by atoms with van der Waals surface area (Å²) in [5.41, 5.74) is 7.27. The average molecular weight is 275 g/mol. The minimum atomic E-state index is -0.0562. The minimum absolute atomic E-state index is 0.0562. The molecule has 3 N–H and O–H groups in total. The van der Waals surface area contributed by atoms with Crippen molar-refractivity contribution in [1.82, 2.24) is 10.3 Å². The Kier molecular flexibility index (Phi) is 3.14. The fourth-order valence-electron chi connectivity index (χ4n) is 2.71. The van der Waals surface area contributed by atoms with Crippen LogP contribution in [0.4, 0.5) is 5.69 Å². The molecule has 0 aliphatic heterocycles. The van der Waals surface area contributed by atoms with E-state index < -0.39 is 0 Å². The highest BCUT2D eigenvalue weighted by molar-refractivity contribution is 7.21. The molecule has 0 bridgehead atoms. The summed E-state index contributed by atoms with van der Waals surface area (Å²) in [6.07, 6.45) is 5.14. The molecule has 1 aliphatic rings. The third-order valence-corrected chi connectivity index (χ3v) is 5.03. The lowest BCUT2D eigenvalue weighted by atomic mass is 10.1. The molecule has 2 atom stereocenters. The van der Waals surface area contributed by atoms with Crippen LogP contribution >= 0.6 is 11.3 Å². The van der Waals surface area contributed by atoms with E-state index in [1.54, 1.807) is 6.20 Å². The molecule has 2 unspecified atom stereocenters. The molecule has 4 nitrogen and oxygen atoms in total. The van der Waals surface area contributed by atoms with Crippen molar-refractivity contribution >= 4 is 33.1 Å². The first-order chi connectivity index (χ1) is 9.16. The minimum Gasteiger partial charge on any atom is -0.396 e. The highest BCUT2D eigenvalue weighted by Crippen LogP contribution is 2.32. The van der Waals surface area contributed by atoms with Crippen LogP contribution in [0.3, 0.4) is 0 Å². The van der Waals surface area contributed by atoms with Gasteiger partial charge in [0.1, 0.15) is 10.4 Å². The first kappa shape index (κ1) is 12.4. The second-order valence-electron chi connectivity index (χ2n) is 5.18. The van der Waals surface area contributed by atoms with Gasteiger partial charge in [-0.05, 0) is 30.9 Å². The van der Waals surface area contributed by atoms with Gasteiger partial charge in [-0.2, -0.15) is 0 Å². The number of amides is 1. The molecule has 1 fully saturated rings. The maximum Gasteiger partial charge on any atom is 0.263 e. The molecule has 1 amide bonds. The molecule has 2 heterocycles. The van der Waals surface area contributed by atoms with Crippen molar-refractivity contribution in [3.05, 3.63) is 23.2 Å². The summed E-state index contributed by atoms with van der Waals surface area (Å²) >= 11 is 1.42. The molecule has 0 aromatic carbocycles. The lowest BCUT2D eigenvalue weighted by molar-refractivity contribution is 0.0934. The lowest BCUT2D eigenvalue weighted by Crippen LogP contribution is -2.36. The summed E-state index contributed by atoms with van der Waals surface area (Å²) in [5.74, 6) is 0.497. The van der Waals surface area contributed by atoms with Gasteiger partial charge in [-0.3, -0.25) is 9.78 Å². The highest BCUT2D eigenvalue weighted by atomic mass is 32.1. The van der Waals surface area contributed by atoms with Crippen LogP contribution in [0.25, 0.3) is 10.2 Å². The molecular weight excluding hydrogens is 258 g/mol. The van der Waals surface area contributed by atoms with E-state index in [1.807, 2.05) is 12.1 Å². The molecule has 2 aromatic rings.